The van der Waals surface area contributed by atoms with Gasteiger partial charge in [0.2, 0.25) is 0 Å². The van der Waals surface area contributed by atoms with Gasteiger partial charge in [-0.2, -0.15) is 0 Å². The Hall–Kier alpha value is -1.10. The molecule has 0 bridgehead atoms. The number of rotatable bonds is 4. The Balaban J connectivity index is 2.54. The monoisotopic (exact) mass is 262 g/mol. The molecule has 0 heterocycles. The molecule has 1 aromatic carbocycles. The fourth-order valence-electron chi connectivity index (χ4n) is 0.868. The van der Waals surface area contributed by atoms with Gasteiger partial charge < -0.3 is 9.84 Å². The van der Waals surface area contributed by atoms with Crippen LogP contribution in [-0.4, -0.2) is 17.7 Å². The summed E-state index contributed by atoms with van der Waals surface area (Å²) in [6.45, 7) is 0.0330. The summed E-state index contributed by atoms with van der Waals surface area (Å²) in [7, 11) is 0. The minimum atomic E-state index is -0.944. The van der Waals surface area contributed by atoms with E-state index in [2.05, 4.69) is 15.9 Å². The summed E-state index contributed by atoms with van der Waals surface area (Å²) >= 11 is 3.10. The molecule has 0 saturated carbocycles. The van der Waals surface area contributed by atoms with Gasteiger partial charge in [-0.15, -0.1) is 0 Å². The van der Waals surface area contributed by atoms with Gasteiger partial charge in [0.25, 0.3) is 0 Å². The van der Waals surface area contributed by atoms with Gasteiger partial charge in [0, 0.05) is 10.5 Å². The maximum atomic E-state index is 12.8. The van der Waals surface area contributed by atoms with Gasteiger partial charge in [0.1, 0.15) is 11.6 Å². The second-order valence-corrected chi connectivity index (χ2v) is 3.51. The molecule has 14 heavy (non-hydrogen) atoms. The second-order valence-electron chi connectivity index (χ2n) is 2.60. The van der Waals surface area contributed by atoms with E-state index >= 15 is 0 Å². The molecule has 5 heteroatoms. The minimum Gasteiger partial charge on any atom is -0.493 e. The Bertz CT molecular complexity index is 321. The van der Waals surface area contributed by atoms with Crippen molar-refractivity contribution >= 4 is 21.9 Å². The Kier molecular flexibility index (Phi) is 3.88. The zero-order chi connectivity index (χ0) is 10.6. The van der Waals surface area contributed by atoms with Crippen molar-refractivity contribution < 1.29 is 19.0 Å². The molecule has 0 spiro atoms. The van der Waals surface area contributed by atoms with Crippen molar-refractivity contribution in [2.24, 2.45) is 0 Å². The van der Waals surface area contributed by atoms with Crippen molar-refractivity contribution in [3.05, 3.63) is 28.5 Å². The smallest absolute Gasteiger partial charge is 0.306 e. The van der Waals surface area contributed by atoms with Crippen molar-refractivity contribution in [2.45, 2.75) is 6.42 Å². The van der Waals surface area contributed by atoms with Gasteiger partial charge in [0.05, 0.1) is 13.0 Å². The van der Waals surface area contributed by atoms with Crippen LogP contribution in [0.1, 0.15) is 6.42 Å². The SMILES string of the molecule is O=C(O)CCOc1cc(F)cc(Br)c1. The summed E-state index contributed by atoms with van der Waals surface area (Å²) in [4.78, 5) is 10.2. The molecule has 0 aliphatic rings. The van der Waals surface area contributed by atoms with E-state index in [0.29, 0.717) is 10.2 Å². The maximum absolute atomic E-state index is 12.8. The Morgan fingerprint density at radius 3 is 2.79 bits per heavy atom. The van der Waals surface area contributed by atoms with Gasteiger partial charge in [-0.3, -0.25) is 4.79 Å². The predicted molar refractivity (Wildman–Crippen MR) is 51.8 cm³/mol. The number of hydrogen-bond acceptors (Lipinski definition) is 2. The highest BCUT2D eigenvalue weighted by Gasteiger charge is 2.01. The highest BCUT2D eigenvalue weighted by Crippen LogP contribution is 2.20. The summed E-state index contributed by atoms with van der Waals surface area (Å²) < 4.78 is 18.4. The van der Waals surface area contributed by atoms with Crippen molar-refractivity contribution in [3.63, 3.8) is 0 Å². The Labute approximate surface area is 88.6 Å². The zero-order valence-corrected chi connectivity index (χ0v) is 8.75. The van der Waals surface area contributed by atoms with Crippen LogP contribution in [0.4, 0.5) is 4.39 Å². The van der Waals surface area contributed by atoms with Crippen LogP contribution < -0.4 is 4.74 Å². The number of ether oxygens (including phenoxy) is 1. The van der Waals surface area contributed by atoms with Crippen molar-refractivity contribution in [1.82, 2.24) is 0 Å². The highest BCUT2D eigenvalue weighted by molar-refractivity contribution is 9.10. The molecule has 0 amide bonds. The second kappa shape index (κ2) is 4.95. The lowest BCUT2D eigenvalue weighted by atomic mass is 10.3. The normalized spacial score (nSPS) is 9.86. The summed E-state index contributed by atoms with van der Waals surface area (Å²) in [5, 5.41) is 8.34. The Morgan fingerprint density at radius 2 is 2.21 bits per heavy atom. The fourth-order valence-corrected chi connectivity index (χ4v) is 1.31. The predicted octanol–water partition coefficient (Wildman–Crippen LogP) is 2.44. The first-order valence-corrected chi connectivity index (χ1v) is 4.68. The number of carboxylic acid groups (broad SMARTS) is 1. The van der Waals surface area contributed by atoms with Crippen LogP contribution in [-0.2, 0) is 4.79 Å². The molecule has 0 unspecified atom stereocenters. The summed E-state index contributed by atoms with van der Waals surface area (Å²) in [5.41, 5.74) is 0. The molecule has 3 nitrogen and oxygen atoms in total. The molecule has 0 radical (unpaired) electrons. The molecule has 1 aromatic rings. The quantitative estimate of drug-likeness (QED) is 0.907. The van der Waals surface area contributed by atoms with E-state index in [1.165, 1.54) is 12.1 Å². The van der Waals surface area contributed by atoms with E-state index in [4.69, 9.17) is 9.84 Å². The number of hydrogen-bond donors (Lipinski definition) is 1. The third-order valence-electron chi connectivity index (χ3n) is 1.42. The van der Waals surface area contributed by atoms with Gasteiger partial charge in [-0.05, 0) is 12.1 Å². The third-order valence-corrected chi connectivity index (χ3v) is 1.88. The van der Waals surface area contributed by atoms with Crippen molar-refractivity contribution in [3.8, 4) is 5.75 Å². The van der Waals surface area contributed by atoms with Crippen LogP contribution in [0.25, 0.3) is 0 Å². The van der Waals surface area contributed by atoms with Crippen LogP contribution in [0.3, 0.4) is 0 Å². The van der Waals surface area contributed by atoms with Crippen LogP contribution >= 0.6 is 15.9 Å². The first kappa shape index (κ1) is 11.0. The van der Waals surface area contributed by atoms with Gasteiger partial charge in [-0.1, -0.05) is 15.9 Å². The van der Waals surface area contributed by atoms with Crippen LogP contribution in [0.2, 0.25) is 0 Å². The highest BCUT2D eigenvalue weighted by atomic mass is 79.9. The molecule has 0 atom stereocenters. The largest absolute Gasteiger partial charge is 0.493 e. The number of aliphatic carboxylic acids is 1. The van der Waals surface area contributed by atoms with E-state index in [-0.39, 0.29) is 13.0 Å². The molecular weight excluding hydrogens is 255 g/mol. The standard InChI is InChI=1S/C9H8BrFO3/c10-6-3-7(11)5-8(4-6)14-2-1-9(12)13/h3-5H,1-2H2,(H,12,13). The average molecular weight is 263 g/mol. The number of carboxylic acids is 1. The van der Waals surface area contributed by atoms with E-state index < -0.39 is 11.8 Å². The van der Waals surface area contributed by atoms with Crippen LogP contribution in [0, 0.1) is 5.82 Å². The van der Waals surface area contributed by atoms with E-state index in [1.54, 1.807) is 6.07 Å². The number of carbonyl (C=O) groups is 1. The van der Waals surface area contributed by atoms with E-state index in [1.807, 2.05) is 0 Å². The lowest BCUT2D eigenvalue weighted by Crippen LogP contribution is -2.04. The van der Waals surface area contributed by atoms with E-state index in [9.17, 15) is 9.18 Å². The molecular formula is C9H8BrFO3. The molecule has 1 N–H and O–H groups in total. The van der Waals surface area contributed by atoms with Crippen molar-refractivity contribution in [2.75, 3.05) is 6.61 Å². The molecule has 0 fully saturated rings. The Morgan fingerprint density at radius 1 is 1.50 bits per heavy atom. The third kappa shape index (κ3) is 3.74. The average Bonchev–Trinajstić information content (AvgIpc) is 2.01. The molecule has 76 valence electrons. The first-order chi connectivity index (χ1) is 6.58. The maximum Gasteiger partial charge on any atom is 0.306 e. The first-order valence-electron chi connectivity index (χ1n) is 3.88. The zero-order valence-electron chi connectivity index (χ0n) is 7.17. The molecule has 0 aliphatic carbocycles. The summed E-state index contributed by atoms with van der Waals surface area (Å²) in [6, 6.07) is 4.07. The summed E-state index contributed by atoms with van der Waals surface area (Å²) in [6.07, 6.45) is -0.103. The molecule has 0 aromatic heterocycles. The van der Waals surface area contributed by atoms with Crippen LogP contribution in [0.15, 0.2) is 22.7 Å². The molecule has 0 aliphatic heterocycles. The molecule has 0 saturated heterocycles. The van der Waals surface area contributed by atoms with Gasteiger partial charge in [-0.25, -0.2) is 4.39 Å². The van der Waals surface area contributed by atoms with E-state index in [0.717, 1.165) is 0 Å². The summed E-state index contributed by atoms with van der Waals surface area (Å²) in [5.74, 6) is -1.05. The lowest BCUT2D eigenvalue weighted by molar-refractivity contribution is -0.137. The number of halogens is 2. The van der Waals surface area contributed by atoms with Crippen LogP contribution in [0.5, 0.6) is 5.75 Å². The fraction of sp³-hybridized carbons (Fsp3) is 0.222. The molecule has 1 rings (SSSR count). The van der Waals surface area contributed by atoms with Gasteiger partial charge >= 0.3 is 5.97 Å². The number of benzene rings is 1. The topological polar surface area (TPSA) is 46.5 Å². The lowest BCUT2D eigenvalue weighted by Gasteiger charge is -2.04. The minimum absolute atomic E-state index is 0.0330. The van der Waals surface area contributed by atoms with Gasteiger partial charge in [0.15, 0.2) is 0 Å². The van der Waals surface area contributed by atoms with Crippen molar-refractivity contribution in [1.29, 1.82) is 0 Å².